The van der Waals surface area contributed by atoms with Gasteiger partial charge < -0.3 is 0 Å². The second kappa shape index (κ2) is 4.99. The minimum atomic E-state index is 0.933. The molecule has 0 saturated carbocycles. The predicted molar refractivity (Wildman–Crippen MR) is 63.6 cm³/mol. The smallest absolute Gasteiger partial charge is 0.00911 e. The van der Waals surface area contributed by atoms with E-state index in [1.54, 1.807) is 0 Å². The molecule has 13 heavy (non-hydrogen) atoms. The number of hydrogen-bond acceptors (Lipinski definition) is 0. The SMILES string of the molecule is C=CCc1cccc(P)c1CC=C. The van der Waals surface area contributed by atoms with Crippen LogP contribution in [-0.4, -0.2) is 0 Å². The van der Waals surface area contributed by atoms with Crippen LogP contribution < -0.4 is 5.30 Å². The first-order valence-corrected chi connectivity index (χ1v) is 4.95. The van der Waals surface area contributed by atoms with Crippen LogP contribution in [0.25, 0.3) is 0 Å². The van der Waals surface area contributed by atoms with Gasteiger partial charge in [0, 0.05) is 0 Å². The van der Waals surface area contributed by atoms with Crippen molar-refractivity contribution in [3.05, 3.63) is 54.6 Å². The van der Waals surface area contributed by atoms with Crippen LogP contribution >= 0.6 is 9.24 Å². The summed E-state index contributed by atoms with van der Waals surface area (Å²) in [7, 11) is 2.76. The Balaban J connectivity index is 3.08. The molecule has 0 bridgehead atoms. The molecule has 0 aliphatic carbocycles. The summed E-state index contributed by atoms with van der Waals surface area (Å²) < 4.78 is 0. The van der Waals surface area contributed by atoms with Crippen molar-refractivity contribution in [1.29, 1.82) is 0 Å². The molecule has 0 heterocycles. The van der Waals surface area contributed by atoms with Crippen molar-refractivity contribution in [2.45, 2.75) is 12.8 Å². The van der Waals surface area contributed by atoms with Gasteiger partial charge in [-0.15, -0.1) is 22.4 Å². The van der Waals surface area contributed by atoms with Crippen molar-refractivity contribution in [3.63, 3.8) is 0 Å². The highest BCUT2D eigenvalue weighted by Gasteiger charge is 2.01. The molecule has 1 rings (SSSR count). The Hall–Kier alpha value is -0.870. The molecule has 0 N–H and O–H groups in total. The van der Waals surface area contributed by atoms with Gasteiger partial charge in [-0.3, -0.25) is 0 Å². The van der Waals surface area contributed by atoms with Crippen molar-refractivity contribution in [2.75, 3.05) is 0 Å². The Morgan fingerprint density at radius 2 is 1.85 bits per heavy atom. The molecule has 0 saturated heterocycles. The van der Waals surface area contributed by atoms with Gasteiger partial charge in [0.15, 0.2) is 0 Å². The zero-order valence-corrected chi connectivity index (χ0v) is 8.95. The summed E-state index contributed by atoms with van der Waals surface area (Å²) in [6.45, 7) is 7.52. The van der Waals surface area contributed by atoms with Gasteiger partial charge in [0.05, 0.1) is 0 Å². The first-order chi connectivity index (χ1) is 6.29. The molecule has 0 nitrogen and oxygen atoms in total. The molecule has 0 aromatic heterocycles. The molecule has 1 atom stereocenters. The maximum absolute atomic E-state index is 3.76. The fraction of sp³-hybridized carbons (Fsp3) is 0.167. The van der Waals surface area contributed by atoms with Crippen LogP contribution in [0.4, 0.5) is 0 Å². The zero-order valence-electron chi connectivity index (χ0n) is 7.79. The molecule has 1 aromatic rings. The average molecular weight is 190 g/mol. The highest BCUT2D eigenvalue weighted by molar-refractivity contribution is 7.27. The average Bonchev–Trinajstić information content (AvgIpc) is 2.11. The monoisotopic (exact) mass is 190 g/mol. The van der Waals surface area contributed by atoms with E-state index >= 15 is 0 Å². The predicted octanol–water partition coefficient (Wildman–Crippen LogP) is 2.64. The molecule has 1 aromatic carbocycles. The fourth-order valence-corrected chi connectivity index (χ4v) is 1.81. The first kappa shape index (κ1) is 10.2. The normalized spacial score (nSPS) is 9.62. The van der Waals surface area contributed by atoms with Gasteiger partial charge >= 0.3 is 0 Å². The molecule has 0 aliphatic heterocycles. The summed E-state index contributed by atoms with van der Waals surface area (Å²) in [5.41, 5.74) is 2.71. The van der Waals surface area contributed by atoms with Crippen LogP contribution in [0.1, 0.15) is 11.1 Å². The highest BCUT2D eigenvalue weighted by Crippen LogP contribution is 2.11. The van der Waals surface area contributed by atoms with Crippen LogP contribution in [0, 0.1) is 0 Å². The maximum atomic E-state index is 3.76. The van der Waals surface area contributed by atoms with E-state index in [1.807, 2.05) is 12.2 Å². The lowest BCUT2D eigenvalue weighted by Crippen LogP contribution is -2.04. The van der Waals surface area contributed by atoms with Gasteiger partial charge in [-0.25, -0.2) is 0 Å². The van der Waals surface area contributed by atoms with Crippen LogP contribution in [0.5, 0.6) is 0 Å². The molecule has 1 heteroatoms. The number of hydrogen-bond donors (Lipinski definition) is 0. The molecule has 0 spiro atoms. The third-order valence-electron chi connectivity index (χ3n) is 2.02. The van der Waals surface area contributed by atoms with Gasteiger partial charge in [0.25, 0.3) is 0 Å². The molecule has 68 valence electrons. The third-order valence-corrected chi connectivity index (χ3v) is 2.56. The van der Waals surface area contributed by atoms with Gasteiger partial charge in [-0.2, -0.15) is 0 Å². The second-order valence-electron chi connectivity index (χ2n) is 2.97. The zero-order chi connectivity index (χ0) is 9.68. The maximum Gasteiger partial charge on any atom is -0.00911 e. The van der Waals surface area contributed by atoms with E-state index in [0.29, 0.717) is 0 Å². The van der Waals surface area contributed by atoms with Crippen LogP contribution in [0.15, 0.2) is 43.5 Å². The van der Waals surface area contributed by atoms with E-state index in [0.717, 1.165) is 12.8 Å². The van der Waals surface area contributed by atoms with Gasteiger partial charge in [-0.1, -0.05) is 30.4 Å². The lowest BCUT2D eigenvalue weighted by atomic mass is 10.0. The standard InChI is InChI=1S/C12H15P/c1-3-6-10-8-5-9-12(13)11(10)7-4-2/h3-5,8-9H,1-2,6-7,13H2. The minimum Gasteiger partial charge on any atom is -0.105 e. The fourth-order valence-electron chi connectivity index (χ4n) is 1.39. The Bertz CT molecular complexity index is 313. The van der Waals surface area contributed by atoms with Gasteiger partial charge in [-0.05, 0) is 29.3 Å². The van der Waals surface area contributed by atoms with E-state index in [1.165, 1.54) is 16.4 Å². The molecular weight excluding hydrogens is 175 g/mol. The minimum absolute atomic E-state index is 0.933. The summed E-state index contributed by atoms with van der Waals surface area (Å²) in [4.78, 5) is 0. The van der Waals surface area contributed by atoms with E-state index in [4.69, 9.17) is 0 Å². The molecule has 0 radical (unpaired) electrons. The topological polar surface area (TPSA) is 0 Å². The molecule has 0 fully saturated rings. The second-order valence-corrected chi connectivity index (χ2v) is 3.59. The van der Waals surface area contributed by atoms with E-state index < -0.39 is 0 Å². The molecule has 0 aliphatic rings. The Kier molecular flexibility index (Phi) is 3.92. The number of rotatable bonds is 4. The van der Waals surface area contributed by atoms with Crippen molar-refractivity contribution in [2.24, 2.45) is 0 Å². The molecule has 0 amide bonds. The Labute approximate surface area is 82.6 Å². The summed E-state index contributed by atoms with van der Waals surface area (Å²) in [5, 5.41) is 1.26. The quantitative estimate of drug-likeness (QED) is 0.505. The van der Waals surface area contributed by atoms with Crippen LogP contribution in [-0.2, 0) is 12.8 Å². The largest absolute Gasteiger partial charge is 0.105 e. The number of benzene rings is 1. The van der Waals surface area contributed by atoms with Gasteiger partial charge in [0.2, 0.25) is 0 Å². The van der Waals surface area contributed by atoms with Crippen molar-refractivity contribution in [1.82, 2.24) is 0 Å². The van der Waals surface area contributed by atoms with Crippen LogP contribution in [0.3, 0.4) is 0 Å². The van der Waals surface area contributed by atoms with Crippen molar-refractivity contribution in [3.8, 4) is 0 Å². The Morgan fingerprint density at radius 1 is 1.15 bits per heavy atom. The van der Waals surface area contributed by atoms with E-state index in [9.17, 15) is 0 Å². The highest BCUT2D eigenvalue weighted by atomic mass is 31.0. The van der Waals surface area contributed by atoms with E-state index in [-0.39, 0.29) is 0 Å². The molecular formula is C12H15P. The summed E-state index contributed by atoms with van der Waals surface area (Å²) in [5.74, 6) is 0. The van der Waals surface area contributed by atoms with Crippen molar-refractivity contribution < 1.29 is 0 Å². The lowest BCUT2D eigenvalue weighted by molar-refractivity contribution is 1.17. The summed E-state index contributed by atoms with van der Waals surface area (Å²) in [6, 6.07) is 6.33. The first-order valence-electron chi connectivity index (χ1n) is 4.37. The van der Waals surface area contributed by atoms with Crippen LogP contribution in [0.2, 0.25) is 0 Å². The third kappa shape index (κ3) is 2.54. The summed E-state index contributed by atoms with van der Waals surface area (Å²) >= 11 is 0. The van der Waals surface area contributed by atoms with E-state index in [2.05, 4.69) is 40.6 Å². The van der Waals surface area contributed by atoms with Crippen molar-refractivity contribution >= 4 is 14.5 Å². The lowest BCUT2D eigenvalue weighted by Gasteiger charge is -2.08. The molecule has 1 unspecified atom stereocenters. The van der Waals surface area contributed by atoms with Gasteiger partial charge in [0.1, 0.15) is 0 Å². The number of allylic oxidation sites excluding steroid dienone is 2. The summed E-state index contributed by atoms with van der Waals surface area (Å²) in [6.07, 6.45) is 5.75. The Morgan fingerprint density at radius 3 is 2.46 bits per heavy atom.